The van der Waals surface area contributed by atoms with Crippen LogP contribution in [0, 0.1) is 0 Å². The van der Waals surface area contributed by atoms with Crippen molar-refractivity contribution in [1.82, 2.24) is 4.98 Å². The number of hydrogen-bond donors (Lipinski definition) is 2. The Labute approximate surface area is 123 Å². The Morgan fingerprint density at radius 2 is 1.95 bits per heavy atom. The van der Waals surface area contributed by atoms with Gasteiger partial charge in [-0.25, -0.2) is 4.79 Å². The van der Waals surface area contributed by atoms with Crippen molar-refractivity contribution in [3.8, 4) is 11.3 Å². The van der Waals surface area contributed by atoms with E-state index in [1.807, 2.05) is 0 Å². The summed E-state index contributed by atoms with van der Waals surface area (Å²) in [5.74, 6) is -1.15. The van der Waals surface area contributed by atoms with Gasteiger partial charge in [-0.1, -0.05) is 34.8 Å². The average Bonchev–Trinajstić information content (AvgIpc) is 2.34. The van der Waals surface area contributed by atoms with Crippen molar-refractivity contribution in [2.24, 2.45) is 0 Å². The molecule has 0 saturated heterocycles. The van der Waals surface area contributed by atoms with Crippen molar-refractivity contribution in [1.29, 1.82) is 0 Å². The maximum atomic E-state index is 11.0. The van der Waals surface area contributed by atoms with E-state index in [0.29, 0.717) is 10.6 Å². The molecule has 0 fully saturated rings. The molecule has 0 aliphatic heterocycles. The lowest BCUT2D eigenvalue weighted by molar-refractivity contribution is 0.0698. The molecule has 3 N–H and O–H groups in total. The van der Waals surface area contributed by atoms with E-state index >= 15 is 0 Å². The number of benzene rings is 1. The molecule has 0 aliphatic carbocycles. The van der Waals surface area contributed by atoms with Gasteiger partial charge >= 0.3 is 5.97 Å². The van der Waals surface area contributed by atoms with Crippen molar-refractivity contribution in [3.63, 3.8) is 0 Å². The molecule has 0 atom stereocenters. The van der Waals surface area contributed by atoms with Crippen LogP contribution in [0.2, 0.25) is 15.1 Å². The zero-order valence-corrected chi connectivity index (χ0v) is 11.6. The number of anilines is 1. The molecule has 2 aromatic rings. The van der Waals surface area contributed by atoms with Crippen molar-refractivity contribution in [2.45, 2.75) is 0 Å². The summed E-state index contributed by atoms with van der Waals surface area (Å²) in [5, 5.41) is 9.83. The highest BCUT2D eigenvalue weighted by atomic mass is 35.5. The molecule has 19 heavy (non-hydrogen) atoms. The Kier molecular flexibility index (Phi) is 3.85. The second-order valence-electron chi connectivity index (χ2n) is 3.68. The predicted octanol–water partition coefficient (Wildman–Crippen LogP) is 3.99. The van der Waals surface area contributed by atoms with Crippen LogP contribution in [0.25, 0.3) is 11.3 Å². The number of pyridine rings is 1. The Hall–Kier alpha value is -1.49. The minimum Gasteiger partial charge on any atom is -0.478 e. The third-order valence-electron chi connectivity index (χ3n) is 2.47. The predicted molar refractivity (Wildman–Crippen MR) is 76.1 cm³/mol. The second-order valence-corrected chi connectivity index (χ2v) is 4.90. The molecular weight excluding hydrogens is 311 g/mol. The highest BCUT2D eigenvalue weighted by Crippen LogP contribution is 2.38. The smallest absolute Gasteiger partial charge is 0.337 e. The maximum Gasteiger partial charge on any atom is 0.337 e. The molecule has 1 aromatic heterocycles. The van der Waals surface area contributed by atoms with Gasteiger partial charge in [0.2, 0.25) is 0 Å². The van der Waals surface area contributed by atoms with Gasteiger partial charge in [0.05, 0.1) is 27.0 Å². The van der Waals surface area contributed by atoms with Crippen LogP contribution in [-0.4, -0.2) is 16.1 Å². The quantitative estimate of drug-likeness (QED) is 0.821. The van der Waals surface area contributed by atoms with E-state index in [1.165, 1.54) is 24.4 Å². The van der Waals surface area contributed by atoms with E-state index in [1.54, 1.807) is 0 Å². The van der Waals surface area contributed by atoms with E-state index in [-0.39, 0.29) is 27.0 Å². The third kappa shape index (κ3) is 2.61. The summed E-state index contributed by atoms with van der Waals surface area (Å²) in [6, 6.07) is 4.31. The van der Waals surface area contributed by atoms with Crippen LogP contribution in [0.4, 0.5) is 5.69 Å². The van der Waals surface area contributed by atoms with Gasteiger partial charge in [-0.2, -0.15) is 0 Å². The third-order valence-corrected chi connectivity index (χ3v) is 3.49. The molecule has 0 spiro atoms. The van der Waals surface area contributed by atoms with Gasteiger partial charge in [0, 0.05) is 16.8 Å². The summed E-state index contributed by atoms with van der Waals surface area (Å²) in [6.07, 6.45) is 1.33. The standard InChI is InChI=1S/C12H7Cl3N2O2/c13-5-3-7(9(15)8(14)4-5)11-10(16)6(12(18)19)1-2-17-11/h1-4H,16H2,(H,18,19). The fraction of sp³-hybridized carbons (Fsp3) is 0. The summed E-state index contributed by atoms with van der Waals surface area (Å²) < 4.78 is 0. The molecule has 98 valence electrons. The van der Waals surface area contributed by atoms with Crippen molar-refractivity contribution in [3.05, 3.63) is 45.0 Å². The number of nitrogens with two attached hydrogens (primary N) is 1. The van der Waals surface area contributed by atoms with Gasteiger partial charge in [0.25, 0.3) is 0 Å². The van der Waals surface area contributed by atoms with Gasteiger partial charge < -0.3 is 10.8 Å². The number of hydrogen-bond acceptors (Lipinski definition) is 3. The molecule has 0 saturated carbocycles. The van der Waals surface area contributed by atoms with Gasteiger partial charge in [-0.3, -0.25) is 4.98 Å². The Bertz CT molecular complexity index is 674. The first-order valence-electron chi connectivity index (χ1n) is 5.04. The molecule has 0 amide bonds. The van der Waals surface area contributed by atoms with Gasteiger partial charge in [-0.05, 0) is 18.2 Å². The number of carboxylic acid groups (broad SMARTS) is 1. The number of carbonyl (C=O) groups is 1. The van der Waals surface area contributed by atoms with E-state index in [0.717, 1.165) is 0 Å². The maximum absolute atomic E-state index is 11.0. The lowest BCUT2D eigenvalue weighted by Crippen LogP contribution is -2.05. The van der Waals surface area contributed by atoms with E-state index in [2.05, 4.69) is 4.98 Å². The number of nitrogen functional groups attached to an aromatic ring is 1. The van der Waals surface area contributed by atoms with Crippen molar-refractivity contribution < 1.29 is 9.90 Å². The zero-order valence-electron chi connectivity index (χ0n) is 9.32. The summed E-state index contributed by atoms with van der Waals surface area (Å²) in [7, 11) is 0. The van der Waals surface area contributed by atoms with E-state index in [4.69, 9.17) is 45.6 Å². The van der Waals surface area contributed by atoms with Gasteiger partial charge in [0.15, 0.2) is 0 Å². The van der Waals surface area contributed by atoms with Crippen LogP contribution in [-0.2, 0) is 0 Å². The van der Waals surface area contributed by atoms with E-state index in [9.17, 15) is 4.79 Å². The lowest BCUT2D eigenvalue weighted by atomic mass is 10.1. The minimum atomic E-state index is -1.15. The Morgan fingerprint density at radius 1 is 1.26 bits per heavy atom. The molecule has 4 nitrogen and oxygen atoms in total. The Morgan fingerprint density at radius 3 is 2.58 bits per heavy atom. The fourth-order valence-corrected chi connectivity index (χ4v) is 2.29. The molecule has 0 aliphatic rings. The fourth-order valence-electron chi connectivity index (χ4n) is 1.60. The van der Waals surface area contributed by atoms with Crippen LogP contribution < -0.4 is 5.73 Å². The second kappa shape index (κ2) is 5.25. The zero-order chi connectivity index (χ0) is 14.2. The lowest BCUT2D eigenvalue weighted by Gasteiger charge is -2.10. The van der Waals surface area contributed by atoms with Crippen molar-refractivity contribution in [2.75, 3.05) is 5.73 Å². The largest absolute Gasteiger partial charge is 0.478 e. The average molecular weight is 318 g/mol. The molecule has 0 unspecified atom stereocenters. The summed E-state index contributed by atoms with van der Waals surface area (Å²) in [6.45, 7) is 0. The summed E-state index contributed by atoms with van der Waals surface area (Å²) in [5.41, 5.74) is 6.37. The number of nitrogens with zero attached hydrogens (tertiary/aromatic N) is 1. The summed E-state index contributed by atoms with van der Waals surface area (Å²) >= 11 is 17.9. The van der Waals surface area contributed by atoms with Gasteiger partial charge in [0.1, 0.15) is 0 Å². The molecular formula is C12H7Cl3N2O2. The number of rotatable bonds is 2. The highest BCUT2D eigenvalue weighted by Gasteiger charge is 2.17. The topological polar surface area (TPSA) is 76.2 Å². The first-order valence-corrected chi connectivity index (χ1v) is 6.18. The number of aromatic nitrogens is 1. The Balaban J connectivity index is 2.73. The number of halogens is 3. The van der Waals surface area contributed by atoms with Crippen molar-refractivity contribution >= 4 is 46.5 Å². The molecule has 7 heteroatoms. The molecule has 1 aromatic carbocycles. The molecule has 0 radical (unpaired) electrons. The minimum absolute atomic E-state index is 0.00948. The first kappa shape index (κ1) is 13.9. The SMILES string of the molecule is Nc1c(C(=O)O)ccnc1-c1cc(Cl)cc(Cl)c1Cl. The molecule has 2 rings (SSSR count). The highest BCUT2D eigenvalue weighted by molar-refractivity contribution is 6.45. The number of aromatic carboxylic acids is 1. The van der Waals surface area contributed by atoms with Crippen LogP contribution >= 0.6 is 34.8 Å². The molecule has 1 heterocycles. The van der Waals surface area contributed by atoms with Crippen LogP contribution in [0.1, 0.15) is 10.4 Å². The number of carboxylic acids is 1. The monoisotopic (exact) mass is 316 g/mol. The molecule has 0 bridgehead atoms. The van der Waals surface area contributed by atoms with Crippen LogP contribution in [0.5, 0.6) is 0 Å². The normalized spacial score (nSPS) is 10.5. The van der Waals surface area contributed by atoms with Gasteiger partial charge in [-0.15, -0.1) is 0 Å². The van der Waals surface area contributed by atoms with Crippen LogP contribution in [0.3, 0.4) is 0 Å². The van der Waals surface area contributed by atoms with E-state index < -0.39 is 5.97 Å². The summed E-state index contributed by atoms with van der Waals surface area (Å²) in [4.78, 5) is 15.1. The van der Waals surface area contributed by atoms with Crippen LogP contribution in [0.15, 0.2) is 24.4 Å². The first-order chi connectivity index (χ1) is 8.91.